The number of nitrogens with zero attached hydrogens (tertiary/aromatic N) is 5. The Hall–Kier alpha value is -2.59. The van der Waals surface area contributed by atoms with Crippen LogP contribution in [0.25, 0.3) is 0 Å². The van der Waals surface area contributed by atoms with E-state index in [1.54, 1.807) is 36.3 Å². The number of rotatable bonds is 3. The Balaban J connectivity index is 1.82. The van der Waals surface area contributed by atoms with Gasteiger partial charge in [-0.25, -0.2) is 4.98 Å². The molecule has 1 aliphatic heterocycles. The molecule has 0 saturated carbocycles. The first kappa shape index (κ1) is 15.3. The number of aromatic amines is 1. The smallest absolute Gasteiger partial charge is 0.270 e. The fraction of sp³-hybridized carbons (Fsp3) is 0.438. The lowest BCUT2D eigenvalue weighted by atomic mass is 10.1. The van der Waals surface area contributed by atoms with Gasteiger partial charge >= 0.3 is 0 Å². The number of aryl methyl sites for hydroxylation is 1. The molecule has 0 radical (unpaired) electrons. The molecule has 1 atom stereocenters. The average Bonchev–Trinajstić information content (AvgIpc) is 3.23. The van der Waals surface area contributed by atoms with E-state index in [0.29, 0.717) is 24.3 Å². The average molecular weight is 312 g/mol. The number of carbonyl (C=O) groups is 1. The maximum atomic E-state index is 12.8. The highest BCUT2D eigenvalue weighted by molar-refractivity contribution is 5.93. The summed E-state index contributed by atoms with van der Waals surface area (Å²) in [5.74, 6) is 0.843. The molecule has 23 heavy (non-hydrogen) atoms. The van der Waals surface area contributed by atoms with E-state index in [0.717, 1.165) is 18.9 Å². The number of aromatic nitrogens is 3. The van der Waals surface area contributed by atoms with Gasteiger partial charge in [-0.15, -0.1) is 0 Å². The summed E-state index contributed by atoms with van der Waals surface area (Å²) in [6.45, 7) is 5.10. The topological polar surface area (TPSA) is 80.9 Å². The quantitative estimate of drug-likeness (QED) is 0.921. The lowest BCUT2D eigenvalue weighted by Crippen LogP contribution is -2.50. The minimum atomic E-state index is -0.0405. The van der Waals surface area contributed by atoms with E-state index in [2.05, 4.69) is 27.9 Å². The molecule has 0 spiro atoms. The minimum absolute atomic E-state index is 0.0405. The normalized spacial score (nSPS) is 18.8. The van der Waals surface area contributed by atoms with E-state index in [9.17, 15) is 4.79 Å². The number of piperazine rings is 1. The molecule has 0 aromatic carbocycles. The van der Waals surface area contributed by atoms with Crippen molar-refractivity contribution in [3.05, 3.63) is 41.7 Å². The van der Waals surface area contributed by atoms with Crippen LogP contribution in [0, 0.1) is 11.3 Å². The van der Waals surface area contributed by atoms with Crippen LogP contribution in [0.15, 0.2) is 24.7 Å². The van der Waals surface area contributed by atoms with Crippen LogP contribution in [0.1, 0.15) is 34.8 Å². The van der Waals surface area contributed by atoms with Crippen LogP contribution in [0.5, 0.6) is 0 Å². The van der Waals surface area contributed by atoms with Gasteiger partial charge in [-0.1, -0.05) is 6.92 Å². The highest BCUT2D eigenvalue weighted by atomic mass is 16.2. The van der Waals surface area contributed by atoms with Crippen molar-refractivity contribution in [1.82, 2.24) is 24.3 Å². The van der Waals surface area contributed by atoms with Crippen molar-refractivity contribution in [2.45, 2.75) is 13.0 Å². The Kier molecular flexibility index (Phi) is 4.17. The molecular formula is C16H20N6O. The number of likely N-dealkylation sites (N-methyl/N-ethyl adjacent to an activating group) is 1. The summed E-state index contributed by atoms with van der Waals surface area (Å²) >= 11 is 0. The molecule has 120 valence electrons. The Morgan fingerprint density at radius 1 is 1.52 bits per heavy atom. The number of nitriles is 1. The number of hydrogen-bond acceptors (Lipinski definition) is 4. The van der Waals surface area contributed by atoms with Crippen molar-refractivity contribution in [3.8, 4) is 6.07 Å². The molecule has 3 rings (SSSR count). The van der Waals surface area contributed by atoms with Gasteiger partial charge in [0, 0.05) is 45.3 Å². The molecule has 0 aliphatic carbocycles. The standard InChI is InChI=1S/C16H20N6O/c1-3-21-6-7-22(11-14(21)15-18-4-5-19-15)16(23)13-8-12(9-17)10-20(13)2/h4-5,8,10,14H,3,6-7,11H2,1-2H3,(H,18,19)/t14-/m0/s1. The summed E-state index contributed by atoms with van der Waals surface area (Å²) in [4.78, 5) is 24.5. The van der Waals surface area contributed by atoms with Gasteiger partial charge in [-0.2, -0.15) is 5.26 Å². The summed E-state index contributed by atoms with van der Waals surface area (Å²) < 4.78 is 1.72. The first-order valence-electron chi connectivity index (χ1n) is 7.73. The van der Waals surface area contributed by atoms with Crippen LogP contribution in [0.2, 0.25) is 0 Å². The van der Waals surface area contributed by atoms with Crippen LogP contribution in [-0.4, -0.2) is 56.4 Å². The predicted octanol–water partition coefficient (Wildman–Crippen LogP) is 1.14. The molecular weight excluding hydrogens is 292 g/mol. The van der Waals surface area contributed by atoms with E-state index >= 15 is 0 Å². The molecule has 1 amide bonds. The minimum Gasteiger partial charge on any atom is -0.347 e. The van der Waals surface area contributed by atoms with Crippen molar-refractivity contribution in [1.29, 1.82) is 5.26 Å². The number of H-pyrrole nitrogens is 1. The van der Waals surface area contributed by atoms with Crippen molar-refractivity contribution in [2.24, 2.45) is 7.05 Å². The van der Waals surface area contributed by atoms with Crippen LogP contribution < -0.4 is 0 Å². The molecule has 2 aromatic rings. The van der Waals surface area contributed by atoms with Crippen LogP contribution >= 0.6 is 0 Å². The lowest BCUT2D eigenvalue weighted by molar-refractivity contribution is 0.0471. The summed E-state index contributed by atoms with van der Waals surface area (Å²) in [5, 5.41) is 8.99. The molecule has 1 saturated heterocycles. The first-order chi connectivity index (χ1) is 11.1. The summed E-state index contributed by atoms with van der Waals surface area (Å²) in [6, 6.07) is 3.80. The highest BCUT2D eigenvalue weighted by Crippen LogP contribution is 2.24. The molecule has 1 fully saturated rings. The van der Waals surface area contributed by atoms with Crippen molar-refractivity contribution in [2.75, 3.05) is 26.2 Å². The van der Waals surface area contributed by atoms with Crippen molar-refractivity contribution < 1.29 is 4.79 Å². The van der Waals surface area contributed by atoms with Gasteiger partial charge in [0.1, 0.15) is 17.6 Å². The SMILES string of the molecule is CCN1CCN(C(=O)c2cc(C#N)cn2C)C[C@H]1c1ncc[nH]1. The van der Waals surface area contributed by atoms with E-state index < -0.39 is 0 Å². The fourth-order valence-corrected chi connectivity index (χ4v) is 3.10. The van der Waals surface area contributed by atoms with Gasteiger partial charge in [0.15, 0.2) is 0 Å². The van der Waals surface area contributed by atoms with Crippen molar-refractivity contribution in [3.63, 3.8) is 0 Å². The van der Waals surface area contributed by atoms with Crippen LogP contribution in [-0.2, 0) is 7.05 Å². The summed E-state index contributed by atoms with van der Waals surface area (Å²) in [5.41, 5.74) is 1.05. The second kappa shape index (κ2) is 6.26. The maximum Gasteiger partial charge on any atom is 0.270 e. The fourth-order valence-electron chi connectivity index (χ4n) is 3.10. The van der Waals surface area contributed by atoms with E-state index in [1.807, 2.05) is 4.90 Å². The van der Waals surface area contributed by atoms with Gasteiger partial charge in [0.25, 0.3) is 5.91 Å². The monoisotopic (exact) mass is 312 g/mol. The second-order valence-electron chi connectivity index (χ2n) is 5.71. The number of nitrogens with one attached hydrogen (secondary N) is 1. The maximum absolute atomic E-state index is 12.8. The number of imidazole rings is 1. The molecule has 0 bridgehead atoms. The molecule has 3 heterocycles. The van der Waals surface area contributed by atoms with Gasteiger partial charge in [-0.05, 0) is 12.6 Å². The third kappa shape index (κ3) is 2.85. The number of amides is 1. The third-order valence-corrected chi connectivity index (χ3v) is 4.37. The summed E-state index contributed by atoms with van der Waals surface area (Å²) in [7, 11) is 1.79. The Morgan fingerprint density at radius 2 is 2.35 bits per heavy atom. The Morgan fingerprint density at radius 3 is 2.96 bits per heavy atom. The zero-order valence-electron chi connectivity index (χ0n) is 13.4. The predicted molar refractivity (Wildman–Crippen MR) is 84.6 cm³/mol. The van der Waals surface area contributed by atoms with Crippen LogP contribution in [0.3, 0.4) is 0 Å². The lowest BCUT2D eigenvalue weighted by Gasteiger charge is -2.40. The molecule has 2 aromatic heterocycles. The second-order valence-corrected chi connectivity index (χ2v) is 5.71. The molecule has 7 heteroatoms. The highest BCUT2D eigenvalue weighted by Gasteiger charge is 2.32. The van der Waals surface area contributed by atoms with Crippen molar-refractivity contribution >= 4 is 5.91 Å². The largest absolute Gasteiger partial charge is 0.347 e. The molecule has 1 aliphatic rings. The van der Waals surface area contributed by atoms with Gasteiger partial charge in [0.05, 0.1) is 11.6 Å². The number of hydrogen-bond donors (Lipinski definition) is 1. The van der Waals surface area contributed by atoms with E-state index in [4.69, 9.17) is 5.26 Å². The summed E-state index contributed by atoms with van der Waals surface area (Å²) in [6.07, 6.45) is 5.22. The van der Waals surface area contributed by atoms with Crippen LogP contribution in [0.4, 0.5) is 0 Å². The Labute approximate surface area is 135 Å². The van der Waals surface area contributed by atoms with E-state index in [-0.39, 0.29) is 11.9 Å². The van der Waals surface area contributed by atoms with Gasteiger partial charge in [0.2, 0.25) is 0 Å². The zero-order valence-corrected chi connectivity index (χ0v) is 13.4. The molecule has 7 nitrogen and oxygen atoms in total. The van der Waals surface area contributed by atoms with Gasteiger partial charge < -0.3 is 14.5 Å². The van der Waals surface area contributed by atoms with E-state index in [1.165, 1.54) is 0 Å². The Bertz CT molecular complexity index is 726. The first-order valence-corrected chi connectivity index (χ1v) is 7.73. The zero-order chi connectivity index (χ0) is 16.4. The molecule has 1 N–H and O–H groups in total. The third-order valence-electron chi connectivity index (χ3n) is 4.37. The number of carbonyl (C=O) groups excluding carboxylic acids is 1. The van der Waals surface area contributed by atoms with Gasteiger partial charge in [-0.3, -0.25) is 9.69 Å². The molecule has 0 unspecified atom stereocenters.